The molecule has 12 aromatic carbocycles. The summed E-state index contributed by atoms with van der Waals surface area (Å²) in [5.74, 6) is 0. The fourth-order valence-corrected chi connectivity index (χ4v) is 16.1. The van der Waals surface area contributed by atoms with E-state index in [0.717, 1.165) is 17.1 Å². The second kappa shape index (κ2) is 19.0. The van der Waals surface area contributed by atoms with Gasteiger partial charge in [-0.05, 0) is 188 Å². The summed E-state index contributed by atoms with van der Waals surface area (Å²) in [6, 6.07) is 102. The average Bonchev–Trinajstić information content (AvgIpc) is 1.54. The molecule has 1 heteroatoms. The van der Waals surface area contributed by atoms with Gasteiger partial charge in [0, 0.05) is 27.8 Å². The number of nitrogens with zero attached hydrogens (tertiary/aromatic N) is 1. The topological polar surface area (TPSA) is 3.24 Å². The number of fused-ring (bicyclic) bond motifs is 16. The van der Waals surface area contributed by atoms with Gasteiger partial charge in [0.1, 0.15) is 0 Å². The molecule has 4 aliphatic carbocycles. The molecule has 4 aliphatic rings. The Morgan fingerprint density at radius 2 is 0.724 bits per heavy atom. The Morgan fingerprint density at radius 1 is 0.287 bits per heavy atom. The lowest BCUT2D eigenvalue weighted by Crippen LogP contribution is -2.27. The molecule has 0 bridgehead atoms. The van der Waals surface area contributed by atoms with Crippen molar-refractivity contribution in [3.63, 3.8) is 0 Å². The van der Waals surface area contributed by atoms with E-state index in [4.69, 9.17) is 0 Å². The third-order valence-electron chi connectivity index (χ3n) is 20.5. The lowest BCUT2D eigenvalue weighted by atomic mass is 9.69. The molecule has 0 radical (unpaired) electrons. The van der Waals surface area contributed by atoms with Crippen molar-refractivity contribution in [2.75, 3.05) is 4.90 Å². The maximum absolute atomic E-state index is 2.56. The second-order valence-electron chi connectivity index (χ2n) is 27.7. The van der Waals surface area contributed by atoms with Gasteiger partial charge in [-0.1, -0.05) is 286 Å². The van der Waals surface area contributed by atoms with Crippen LogP contribution in [0.1, 0.15) is 124 Å². The standard InChI is InChI=1S/C86H71N/c1-82(2,3)58-42-49-67-68-50-43-59(83(4,5)6)53-78(68)86(77(67)52-58)74-34-20-17-29-71(74)80-75(86)35-22-36-79(80)87(60-44-37-54(38-45-60)56-41-48-66-64-27-16-19-33-73(64)85(9,76(66)51-56)57-23-11-10-12-24-57)61-46-39-55(40-47-61)62-25-13-14-26-63(62)69-30-21-31-70-65-28-15-18-32-72(65)84(7,8)81(69)70/h10-53H,1-9H3. The summed E-state index contributed by atoms with van der Waals surface area (Å²) in [6.07, 6.45) is 0. The van der Waals surface area contributed by atoms with Crippen LogP contribution in [0.25, 0.3) is 77.9 Å². The van der Waals surface area contributed by atoms with E-state index in [1.807, 2.05) is 0 Å². The quantitative estimate of drug-likeness (QED) is 0.154. The van der Waals surface area contributed by atoms with E-state index in [1.165, 1.54) is 139 Å². The van der Waals surface area contributed by atoms with Crippen LogP contribution in [0.15, 0.2) is 267 Å². The van der Waals surface area contributed by atoms with Gasteiger partial charge in [0.15, 0.2) is 0 Å². The minimum absolute atomic E-state index is 0.0457. The molecule has 87 heavy (non-hydrogen) atoms. The summed E-state index contributed by atoms with van der Waals surface area (Å²) >= 11 is 0. The van der Waals surface area contributed by atoms with Crippen LogP contribution >= 0.6 is 0 Å². The molecule has 0 aromatic heterocycles. The molecule has 0 amide bonds. The zero-order valence-corrected chi connectivity index (χ0v) is 51.4. The highest BCUT2D eigenvalue weighted by Gasteiger charge is 2.53. The molecule has 1 nitrogen and oxygen atoms in total. The highest BCUT2D eigenvalue weighted by molar-refractivity contribution is 6.02. The van der Waals surface area contributed by atoms with Gasteiger partial charge in [0.2, 0.25) is 0 Å². The number of benzene rings is 12. The van der Waals surface area contributed by atoms with Crippen LogP contribution in [0.5, 0.6) is 0 Å². The Hall–Kier alpha value is -9.56. The smallest absolute Gasteiger partial charge is 0.0726 e. The van der Waals surface area contributed by atoms with Gasteiger partial charge in [-0.15, -0.1) is 0 Å². The normalized spacial score (nSPS) is 15.9. The van der Waals surface area contributed by atoms with Crippen LogP contribution < -0.4 is 4.90 Å². The van der Waals surface area contributed by atoms with Gasteiger partial charge in [0.25, 0.3) is 0 Å². The highest BCUT2D eigenvalue weighted by Crippen LogP contribution is 2.66. The van der Waals surface area contributed by atoms with Gasteiger partial charge in [-0.25, -0.2) is 0 Å². The van der Waals surface area contributed by atoms with E-state index >= 15 is 0 Å². The molecule has 1 atom stereocenters. The Labute approximate surface area is 514 Å². The molecule has 0 fully saturated rings. The monoisotopic (exact) mass is 1120 g/mol. The van der Waals surface area contributed by atoms with Gasteiger partial charge in [-0.2, -0.15) is 0 Å². The first kappa shape index (κ1) is 53.0. The molecule has 0 heterocycles. The van der Waals surface area contributed by atoms with Crippen molar-refractivity contribution in [1.82, 2.24) is 0 Å². The molecular formula is C86H71N. The Kier molecular flexibility index (Phi) is 11.5. The third-order valence-corrected chi connectivity index (χ3v) is 20.5. The van der Waals surface area contributed by atoms with Crippen LogP contribution in [0, 0.1) is 0 Å². The summed E-state index contributed by atoms with van der Waals surface area (Å²) in [4.78, 5) is 2.54. The second-order valence-corrected chi connectivity index (χ2v) is 27.7. The largest absolute Gasteiger partial charge is 0.310 e. The van der Waals surface area contributed by atoms with Crippen molar-refractivity contribution in [3.8, 4) is 77.9 Å². The highest BCUT2D eigenvalue weighted by atomic mass is 15.1. The van der Waals surface area contributed by atoms with Gasteiger partial charge >= 0.3 is 0 Å². The predicted octanol–water partition coefficient (Wildman–Crippen LogP) is 22.7. The molecule has 0 N–H and O–H groups in total. The van der Waals surface area contributed by atoms with Gasteiger partial charge < -0.3 is 4.90 Å². The fraction of sp³-hybridized carbons (Fsp3) is 0.163. The summed E-state index contributed by atoms with van der Waals surface area (Å²) < 4.78 is 0. The van der Waals surface area contributed by atoms with E-state index < -0.39 is 5.41 Å². The van der Waals surface area contributed by atoms with E-state index in [9.17, 15) is 0 Å². The lowest BCUT2D eigenvalue weighted by Gasteiger charge is -2.33. The molecular weight excluding hydrogens is 1050 g/mol. The predicted molar refractivity (Wildman–Crippen MR) is 366 cm³/mol. The molecule has 420 valence electrons. The van der Waals surface area contributed by atoms with Gasteiger partial charge in [0.05, 0.1) is 11.1 Å². The number of anilines is 3. The van der Waals surface area contributed by atoms with Crippen LogP contribution in [0.4, 0.5) is 17.1 Å². The van der Waals surface area contributed by atoms with Crippen molar-refractivity contribution in [3.05, 3.63) is 328 Å². The molecule has 1 spiro atoms. The van der Waals surface area contributed by atoms with E-state index in [0.29, 0.717) is 0 Å². The Morgan fingerprint density at radius 3 is 1.34 bits per heavy atom. The minimum atomic E-state index is -0.548. The van der Waals surface area contributed by atoms with E-state index in [1.54, 1.807) is 0 Å². The first-order valence-corrected chi connectivity index (χ1v) is 31.2. The summed E-state index contributed by atoms with van der Waals surface area (Å²) in [5, 5.41) is 0. The van der Waals surface area contributed by atoms with E-state index in [-0.39, 0.29) is 21.7 Å². The number of hydrogen-bond donors (Lipinski definition) is 0. The zero-order valence-electron chi connectivity index (χ0n) is 51.4. The summed E-state index contributed by atoms with van der Waals surface area (Å²) in [6.45, 7) is 21.3. The maximum atomic E-state index is 2.56. The lowest BCUT2D eigenvalue weighted by molar-refractivity contribution is 0.586. The minimum Gasteiger partial charge on any atom is -0.310 e. The average molecular weight is 1120 g/mol. The molecule has 0 aliphatic heterocycles. The molecule has 12 aromatic rings. The Bertz CT molecular complexity index is 4720. The summed E-state index contributed by atoms with van der Waals surface area (Å²) in [7, 11) is 0. The first-order chi connectivity index (χ1) is 42.1. The molecule has 16 rings (SSSR count). The van der Waals surface area contributed by atoms with Crippen LogP contribution in [0.2, 0.25) is 0 Å². The summed E-state index contributed by atoms with van der Waals surface area (Å²) in [5.41, 5.74) is 35.0. The SMILES string of the molecule is CC(C)(C)c1ccc2c(c1)C1(c3cc(C(C)(C)C)ccc3-2)c2ccccc2-c2c(N(c3ccc(-c4ccc5c(c4)C(C)(c4ccccc4)c4ccccc4-5)cc3)c3ccc(-c4ccccc4-c4cccc5c4C(C)(C)c4ccccc4-5)cc3)cccc21. The zero-order chi connectivity index (χ0) is 59.4. The van der Waals surface area contributed by atoms with Crippen molar-refractivity contribution < 1.29 is 0 Å². The molecule has 1 unspecified atom stereocenters. The van der Waals surface area contributed by atoms with Crippen LogP contribution in [-0.4, -0.2) is 0 Å². The maximum Gasteiger partial charge on any atom is 0.0726 e. The van der Waals surface area contributed by atoms with Crippen molar-refractivity contribution in [1.29, 1.82) is 0 Å². The van der Waals surface area contributed by atoms with Crippen molar-refractivity contribution in [2.45, 2.75) is 89.4 Å². The first-order valence-electron chi connectivity index (χ1n) is 31.2. The molecule has 0 saturated carbocycles. The number of hydrogen-bond acceptors (Lipinski definition) is 1. The van der Waals surface area contributed by atoms with Crippen LogP contribution in [0.3, 0.4) is 0 Å². The Balaban J connectivity index is 0.883. The number of rotatable bonds is 7. The van der Waals surface area contributed by atoms with Crippen LogP contribution in [-0.2, 0) is 27.1 Å². The fourth-order valence-electron chi connectivity index (χ4n) is 16.1. The van der Waals surface area contributed by atoms with Crippen molar-refractivity contribution in [2.24, 2.45) is 0 Å². The molecule has 0 saturated heterocycles. The van der Waals surface area contributed by atoms with Crippen molar-refractivity contribution >= 4 is 17.1 Å². The third kappa shape index (κ3) is 7.64. The van der Waals surface area contributed by atoms with Gasteiger partial charge in [-0.3, -0.25) is 0 Å². The van der Waals surface area contributed by atoms with E-state index in [2.05, 4.69) is 334 Å².